The van der Waals surface area contributed by atoms with Crippen molar-refractivity contribution in [3.05, 3.63) is 47.5 Å². The molecular weight excluding hydrogens is 299 g/mol. The molecular formula is C16H19FN4O2. The normalized spacial score (nSPS) is 10.7. The summed E-state index contributed by atoms with van der Waals surface area (Å²) in [5.41, 5.74) is 0.695. The van der Waals surface area contributed by atoms with Crippen LogP contribution in [0.3, 0.4) is 0 Å². The Labute approximate surface area is 133 Å². The second-order valence-corrected chi connectivity index (χ2v) is 5.60. The van der Waals surface area contributed by atoms with E-state index >= 15 is 0 Å². The van der Waals surface area contributed by atoms with Gasteiger partial charge in [0.15, 0.2) is 0 Å². The van der Waals surface area contributed by atoms with Crippen LogP contribution in [-0.4, -0.2) is 28.1 Å². The quantitative estimate of drug-likeness (QED) is 0.887. The van der Waals surface area contributed by atoms with Crippen LogP contribution >= 0.6 is 0 Å². The van der Waals surface area contributed by atoms with E-state index < -0.39 is 11.7 Å². The number of nitrogens with one attached hydrogen (secondary N) is 2. The molecule has 0 aliphatic heterocycles. The molecule has 0 fully saturated rings. The molecule has 1 aromatic carbocycles. The van der Waals surface area contributed by atoms with Crippen molar-refractivity contribution in [2.75, 3.05) is 11.9 Å². The van der Waals surface area contributed by atoms with Crippen LogP contribution in [0.1, 0.15) is 34.7 Å². The summed E-state index contributed by atoms with van der Waals surface area (Å²) in [5, 5.41) is 9.37. The highest BCUT2D eigenvalue weighted by molar-refractivity contribution is 6.08. The first-order valence-electron chi connectivity index (χ1n) is 7.25. The zero-order valence-corrected chi connectivity index (χ0v) is 13.3. The summed E-state index contributed by atoms with van der Waals surface area (Å²) >= 11 is 0. The second kappa shape index (κ2) is 7.04. The molecule has 122 valence electrons. The topological polar surface area (TPSA) is 76.0 Å². The Kier molecular flexibility index (Phi) is 5.10. The van der Waals surface area contributed by atoms with Gasteiger partial charge in [-0.05, 0) is 24.1 Å². The van der Waals surface area contributed by atoms with E-state index in [1.807, 2.05) is 13.8 Å². The summed E-state index contributed by atoms with van der Waals surface area (Å²) in [6.07, 6.45) is 1.39. The third kappa shape index (κ3) is 4.15. The summed E-state index contributed by atoms with van der Waals surface area (Å²) in [4.78, 5) is 24.4. The number of anilines is 1. The smallest absolute Gasteiger partial charge is 0.271 e. The van der Waals surface area contributed by atoms with Gasteiger partial charge in [-0.1, -0.05) is 19.9 Å². The van der Waals surface area contributed by atoms with Crippen molar-refractivity contribution in [2.24, 2.45) is 13.0 Å². The molecule has 0 radical (unpaired) electrons. The Morgan fingerprint density at radius 1 is 1.30 bits per heavy atom. The Bertz CT molecular complexity index is 725. The average Bonchev–Trinajstić information content (AvgIpc) is 2.85. The number of hydrogen-bond donors (Lipinski definition) is 2. The van der Waals surface area contributed by atoms with Gasteiger partial charge in [0.05, 0.1) is 11.9 Å². The van der Waals surface area contributed by atoms with Crippen molar-refractivity contribution in [2.45, 2.75) is 13.8 Å². The van der Waals surface area contributed by atoms with Crippen LogP contribution in [0.2, 0.25) is 0 Å². The van der Waals surface area contributed by atoms with Crippen molar-refractivity contribution in [3.8, 4) is 0 Å². The van der Waals surface area contributed by atoms with Gasteiger partial charge in [-0.2, -0.15) is 5.10 Å². The first-order chi connectivity index (χ1) is 10.9. The molecule has 0 saturated heterocycles. The van der Waals surface area contributed by atoms with Crippen molar-refractivity contribution >= 4 is 17.5 Å². The van der Waals surface area contributed by atoms with Gasteiger partial charge in [0.2, 0.25) is 0 Å². The lowest BCUT2D eigenvalue weighted by molar-refractivity contribution is 0.0940. The molecule has 0 atom stereocenters. The predicted molar refractivity (Wildman–Crippen MR) is 84.7 cm³/mol. The minimum absolute atomic E-state index is 0.169. The fraction of sp³-hybridized carbons (Fsp3) is 0.312. The van der Waals surface area contributed by atoms with Gasteiger partial charge in [0.25, 0.3) is 11.8 Å². The maximum absolute atomic E-state index is 13.2. The molecule has 7 heteroatoms. The van der Waals surface area contributed by atoms with Crippen LogP contribution < -0.4 is 10.6 Å². The molecule has 2 N–H and O–H groups in total. The summed E-state index contributed by atoms with van der Waals surface area (Å²) in [6.45, 7) is 4.48. The van der Waals surface area contributed by atoms with Gasteiger partial charge in [-0.15, -0.1) is 0 Å². The largest absolute Gasteiger partial charge is 0.350 e. The molecule has 23 heavy (non-hydrogen) atoms. The van der Waals surface area contributed by atoms with Gasteiger partial charge in [0.1, 0.15) is 11.5 Å². The van der Waals surface area contributed by atoms with E-state index in [-0.39, 0.29) is 22.9 Å². The lowest BCUT2D eigenvalue weighted by Gasteiger charge is -2.10. The average molecular weight is 318 g/mol. The van der Waals surface area contributed by atoms with E-state index in [1.54, 1.807) is 7.05 Å². The van der Waals surface area contributed by atoms with Crippen molar-refractivity contribution in [1.29, 1.82) is 0 Å². The van der Waals surface area contributed by atoms with E-state index in [0.717, 1.165) is 6.07 Å². The van der Waals surface area contributed by atoms with Crippen molar-refractivity contribution < 1.29 is 14.0 Å². The fourth-order valence-corrected chi connectivity index (χ4v) is 2.00. The number of nitrogens with zero attached hydrogens (tertiary/aromatic N) is 2. The van der Waals surface area contributed by atoms with Gasteiger partial charge in [-0.3, -0.25) is 14.3 Å². The first kappa shape index (κ1) is 16.7. The molecule has 0 spiro atoms. The number of aryl methyl sites for hydroxylation is 1. The molecule has 2 rings (SSSR count). The lowest BCUT2D eigenvalue weighted by Crippen LogP contribution is -2.30. The monoisotopic (exact) mass is 318 g/mol. The third-order valence-corrected chi connectivity index (χ3v) is 3.16. The number of carbonyl (C=O) groups is 2. The van der Waals surface area contributed by atoms with Gasteiger partial charge in [0, 0.05) is 19.2 Å². The first-order valence-corrected chi connectivity index (χ1v) is 7.25. The van der Waals surface area contributed by atoms with Crippen LogP contribution in [-0.2, 0) is 7.05 Å². The highest BCUT2D eigenvalue weighted by Crippen LogP contribution is 2.16. The highest BCUT2D eigenvalue weighted by Gasteiger charge is 2.19. The molecule has 0 aliphatic carbocycles. The van der Waals surface area contributed by atoms with Crippen LogP contribution in [0, 0.1) is 11.7 Å². The molecule has 0 bridgehead atoms. The Morgan fingerprint density at radius 3 is 2.70 bits per heavy atom. The Morgan fingerprint density at radius 2 is 2.04 bits per heavy atom. The third-order valence-electron chi connectivity index (χ3n) is 3.16. The SMILES string of the molecule is CC(C)CNC(=O)c1c(NC(=O)c2cccc(F)c2)cnn1C. The number of hydrogen-bond acceptors (Lipinski definition) is 3. The summed E-state index contributed by atoms with van der Waals surface area (Å²) in [7, 11) is 1.61. The zero-order chi connectivity index (χ0) is 17.0. The molecule has 0 saturated carbocycles. The van der Waals surface area contributed by atoms with Crippen molar-refractivity contribution in [1.82, 2.24) is 15.1 Å². The highest BCUT2D eigenvalue weighted by atomic mass is 19.1. The minimum Gasteiger partial charge on any atom is -0.350 e. The molecule has 2 amide bonds. The molecule has 0 unspecified atom stereocenters. The number of amides is 2. The van der Waals surface area contributed by atoms with E-state index in [2.05, 4.69) is 15.7 Å². The maximum atomic E-state index is 13.2. The van der Waals surface area contributed by atoms with E-state index in [1.165, 1.54) is 29.1 Å². The van der Waals surface area contributed by atoms with Gasteiger partial charge < -0.3 is 10.6 Å². The fourth-order valence-electron chi connectivity index (χ4n) is 2.00. The summed E-state index contributed by atoms with van der Waals surface area (Å²) in [6, 6.07) is 5.33. The zero-order valence-electron chi connectivity index (χ0n) is 13.3. The van der Waals surface area contributed by atoms with E-state index in [4.69, 9.17) is 0 Å². The molecule has 1 aromatic heterocycles. The molecule has 0 aliphatic rings. The number of benzene rings is 1. The number of rotatable bonds is 5. The standard InChI is InChI=1S/C16H19FN4O2/c1-10(2)8-18-16(23)14-13(9-19-21(14)3)20-15(22)11-5-4-6-12(17)7-11/h4-7,9-10H,8H2,1-3H3,(H,18,23)(H,20,22). The minimum atomic E-state index is -0.504. The number of carbonyl (C=O) groups excluding carboxylic acids is 2. The van der Waals surface area contributed by atoms with Crippen LogP contribution in [0.4, 0.5) is 10.1 Å². The maximum Gasteiger partial charge on any atom is 0.271 e. The predicted octanol–water partition coefficient (Wildman–Crippen LogP) is 2.20. The van der Waals surface area contributed by atoms with Crippen molar-refractivity contribution in [3.63, 3.8) is 0 Å². The van der Waals surface area contributed by atoms with Crippen LogP contribution in [0.15, 0.2) is 30.5 Å². The van der Waals surface area contributed by atoms with Gasteiger partial charge in [-0.25, -0.2) is 4.39 Å². The molecule has 6 nitrogen and oxygen atoms in total. The second-order valence-electron chi connectivity index (χ2n) is 5.60. The Balaban J connectivity index is 2.18. The lowest BCUT2D eigenvalue weighted by atomic mass is 10.2. The summed E-state index contributed by atoms with van der Waals surface area (Å²) < 4.78 is 14.6. The number of halogens is 1. The summed E-state index contributed by atoms with van der Waals surface area (Å²) in [5.74, 6) is -1.03. The van der Waals surface area contributed by atoms with Crippen LogP contribution in [0.25, 0.3) is 0 Å². The van der Waals surface area contributed by atoms with Crippen LogP contribution in [0.5, 0.6) is 0 Å². The molecule has 1 heterocycles. The molecule has 2 aromatic rings. The van der Waals surface area contributed by atoms with Gasteiger partial charge >= 0.3 is 0 Å². The van der Waals surface area contributed by atoms with E-state index in [9.17, 15) is 14.0 Å². The number of aromatic nitrogens is 2. The Hall–Kier alpha value is -2.70. The van der Waals surface area contributed by atoms with E-state index in [0.29, 0.717) is 12.5 Å².